The average Bonchev–Trinajstić information content (AvgIpc) is 3.24. The van der Waals surface area contributed by atoms with E-state index in [0.29, 0.717) is 69.3 Å². The molecule has 0 bridgehead atoms. The van der Waals surface area contributed by atoms with Crippen molar-refractivity contribution in [2.24, 2.45) is 11.1 Å². The van der Waals surface area contributed by atoms with E-state index >= 15 is 0 Å². The molecule has 1 aliphatic carbocycles. The van der Waals surface area contributed by atoms with Crippen molar-refractivity contribution in [2.45, 2.75) is 64.0 Å². The lowest BCUT2D eigenvalue weighted by molar-refractivity contribution is -0.151. The molecule has 0 spiro atoms. The van der Waals surface area contributed by atoms with Crippen LogP contribution in [0.4, 0.5) is 10.5 Å². The Balaban J connectivity index is 1.52. The third kappa shape index (κ3) is 8.61. The second-order valence-corrected chi connectivity index (χ2v) is 10.2. The van der Waals surface area contributed by atoms with Gasteiger partial charge >= 0.3 is 6.03 Å². The van der Waals surface area contributed by atoms with Gasteiger partial charge in [0.25, 0.3) is 11.8 Å². The number of amides is 7. The first kappa shape index (κ1) is 31.3. The van der Waals surface area contributed by atoms with Crippen LogP contribution in [0.1, 0.15) is 56.9 Å². The smallest absolute Gasteiger partial charge is 0.312 e. The van der Waals surface area contributed by atoms with Crippen LogP contribution in [0.2, 0.25) is 0 Å². The topological polar surface area (TPSA) is 200 Å². The Morgan fingerprint density at radius 2 is 1.56 bits per heavy atom. The van der Waals surface area contributed by atoms with Gasteiger partial charge in [-0.05, 0) is 62.6 Å². The summed E-state index contributed by atoms with van der Waals surface area (Å²) in [6.07, 6.45) is 6.34. The largest absolute Gasteiger partial charge is 0.392 e. The first-order chi connectivity index (χ1) is 19.7. The molecular formula is C28H38N6O7. The minimum atomic E-state index is -1.27. The van der Waals surface area contributed by atoms with Crippen molar-refractivity contribution in [2.75, 3.05) is 25.0 Å². The number of unbranched alkanes of at least 4 members (excludes halogenated alkanes) is 2. The van der Waals surface area contributed by atoms with Gasteiger partial charge in [0.2, 0.25) is 17.7 Å². The summed E-state index contributed by atoms with van der Waals surface area (Å²) < 4.78 is 0. The van der Waals surface area contributed by atoms with Crippen molar-refractivity contribution in [3.05, 3.63) is 42.0 Å². The second-order valence-electron chi connectivity index (χ2n) is 10.2. The molecule has 0 radical (unpaired) electrons. The first-order valence-corrected chi connectivity index (χ1v) is 13.8. The molecule has 1 aromatic rings. The summed E-state index contributed by atoms with van der Waals surface area (Å²) in [7, 11) is 0. The van der Waals surface area contributed by atoms with Gasteiger partial charge in [-0.2, -0.15) is 0 Å². The van der Waals surface area contributed by atoms with Crippen LogP contribution in [0.5, 0.6) is 0 Å². The van der Waals surface area contributed by atoms with Crippen LogP contribution in [0.25, 0.3) is 0 Å². The van der Waals surface area contributed by atoms with Crippen molar-refractivity contribution in [1.82, 2.24) is 20.9 Å². The molecule has 222 valence electrons. The first-order valence-electron chi connectivity index (χ1n) is 13.8. The summed E-state index contributed by atoms with van der Waals surface area (Å²) in [4.78, 5) is 75.0. The highest BCUT2D eigenvalue weighted by Crippen LogP contribution is 2.41. The van der Waals surface area contributed by atoms with Crippen LogP contribution in [0.3, 0.4) is 0 Å². The maximum atomic E-state index is 13.4. The van der Waals surface area contributed by atoms with E-state index in [1.54, 1.807) is 24.3 Å². The molecule has 13 nitrogen and oxygen atoms in total. The van der Waals surface area contributed by atoms with Crippen LogP contribution in [0, 0.1) is 5.41 Å². The number of benzene rings is 1. The molecule has 2 aliphatic rings. The van der Waals surface area contributed by atoms with Gasteiger partial charge < -0.3 is 32.1 Å². The number of hydrogen-bond acceptors (Lipinski definition) is 7. The minimum absolute atomic E-state index is 0.137. The van der Waals surface area contributed by atoms with Crippen molar-refractivity contribution < 1.29 is 33.9 Å². The Bertz CT molecular complexity index is 1140. The van der Waals surface area contributed by atoms with Crippen LogP contribution in [-0.4, -0.2) is 71.2 Å². The number of aliphatic hydroxyl groups is 1. The molecule has 7 amide bonds. The van der Waals surface area contributed by atoms with E-state index in [4.69, 9.17) is 5.73 Å². The zero-order valence-corrected chi connectivity index (χ0v) is 22.9. The number of carbonyl (C=O) groups is 6. The van der Waals surface area contributed by atoms with Gasteiger partial charge in [0.15, 0.2) is 0 Å². The standard InChI is InChI=1S/C28H38N6O7/c29-27(41)31-16-4-6-21(24(38)32-20-9-7-19(18-35)8-10-20)33-26(40)28(13-5-14-28)25(39)30-15-2-1-3-17-34-22(36)11-12-23(34)37/h7-12,21,35H,1-6,13-18H2,(H,30,39)(H,32,38)(H,33,40)(H3,29,31,41). The minimum Gasteiger partial charge on any atom is -0.392 e. The van der Waals surface area contributed by atoms with E-state index in [0.717, 1.165) is 0 Å². The van der Waals surface area contributed by atoms with E-state index in [1.165, 1.54) is 17.1 Å². The normalized spacial score (nSPS) is 16.1. The van der Waals surface area contributed by atoms with Gasteiger partial charge in [-0.25, -0.2) is 4.79 Å². The number of anilines is 1. The van der Waals surface area contributed by atoms with Gasteiger partial charge in [0, 0.05) is 37.5 Å². The number of primary amides is 1. The molecule has 7 N–H and O–H groups in total. The molecule has 41 heavy (non-hydrogen) atoms. The van der Waals surface area contributed by atoms with E-state index in [9.17, 15) is 33.9 Å². The fourth-order valence-corrected chi connectivity index (χ4v) is 4.69. The lowest BCUT2D eigenvalue weighted by atomic mass is 9.67. The maximum Gasteiger partial charge on any atom is 0.312 e. The molecule has 0 aromatic heterocycles. The highest BCUT2D eigenvalue weighted by Gasteiger charge is 2.51. The number of hydrogen-bond donors (Lipinski definition) is 6. The molecule has 1 aromatic carbocycles. The van der Waals surface area contributed by atoms with Crippen LogP contribution in [0.15, 0.2) is 36.4 Å². The number of urea groups is 1. The summed E-state index contributed by atoms with van der Waals surface area (Å²) in [6, 6.07) is 4.93. The summed E-state index contributed by atoms with van der Waals surface area (Å²) in [5.74, 6) is -2.05. The van der Waals surface area contributed by atoms with Crippen molar-refractivity contribution in [3.8, 4) is 0 Å². The maximum absolute atomic E-state index is 13.4. The van der Waals surface area contributed by atoms with Gasteiger partial charge in [0.1, 0.15) is 11.5 Å². The lowest BCUT2D eigenvalue weighted by Gasteiger charge is -2.39. The molecule has 0 saturated heterocycles. The van der Waals surface area contributed by atoms with Crippen molar-refractivity contribution >= 4 is 41.3 Å². The predicted octanol–water partition coefficient (Wildman–Crippen LogP) is 0.433. The van der Waals surface area contributed by atoms with Gasteiger partial charge in [-0.1, -0.05) is 18.6 Å². The number of nitrogens with zero attached hydrogens (tertiary/aromatic N) is 1. The monoisotopic (exact) mass is 570 g/mol. The van der Waals surface area contributed by atoms with Gasteiger partial charge in [-0.15, -0.1) is 0 Å². The van der Waals surface area contributed by atoms with E-state index in [1.807, 2.05) is 0 Å². The second kappa shape index (κ2) is 14.9. The Hall–Kier alpha value is -4.26. The Labute approximate surface area is 238 Å². The van der Waals surface area contributed by atoms with E-state index in [2.05, 4.69) is 21.3 Å². The summed E-state index contributed by atoms with van der Waals surface area (Å²) in [6.45, 7) is 0.722. The van der Waals surface area contributed by atoms with Crippen molar-refractivity contribution in [3.63, 3.8) is 0 Å². The fourth-order valence-electron chi connectivity index (χ4n) is 4.69. The zero-order chi connectivity index (χ0) is 29.8. The fraction of sp³-hybridized carbons (Fsp3) is 0.500. The molecule has 1 atom stereocenters. The third-order valence-corrected chi connectivity index (χ3v) is 7.32. The molecular weight excluding hydrogens is 532 g/mol. The number of imide groups is 1. The summed E-state index contributed by atoms with van der Waals surface area (Å²) in [5, 5.41) is 20.0. The zero-order valence-electron chi connectivity index (χ0n) is 22.9. The van der Waals surface area contributed by atoms with E-state index < -0.39 is 35.2 Å². The number of nitrogens with one attached hydrogen (secondary N) is 4. The van der Waals surface area contributed by atoms with Gasteiger partial charge in [-0.3, -0.25) is 28.9 Å². The number of nitrogens with two attached hydrogens (primary N) is 1. The predicted molar refractivity (Wildman–Crippen MR) is 149 cm³/mol. The third-order valence-electron chi connectivity index (χ3n) is 7.32. The molecule has 1 aliphatic heterocycles. The van der Waals surface area contributed by atoms with Crippen LogP contribution >= 0.6 is 0 Å². The lowest BCUT2D eigenvalue weighted by Crippen LogP contribution is -2.58. The molecule has 1 heterocycles. The number of carbonyl (C=O) groups excluding carboxylic acids is 6. The molecule has 1 unspecified atom stereocenters. The number of aliphatic hydroxyl groups excluding tert-OH is 1. The molecule has 13 heteroatoms. The number of rotatable bonds is 16. The highest BCUT2D eigenvalue weighted by molar-refractivity contribution is 6.12. The molecule has 1 saturated carbocycles. The summed E-state index contributed by atoms with van der Waals surface area (Å²) >= 11 is 0. The Kier molecular flexibility index (Phi) is 11.4. The average molecular weight is 571 g/mol. The highest BCUT2D eigenvalue weighted by atomic mass is 16.3. The van der Waals surface area contributed by atoms with Crippen molar-refractivity contribution in [1.29, 1.82) is 0 Å². The Morgan fingerprint density at radius 1 is 0.902 bits per heavy atom. The molecule has 3 rings (SSSR count). The van der Waals surface area contributed by atoms with Crippen LogP contribution < -0.4 is 27.0 Å². The Morgan fingerprint density at radius 3 is 2.15 bits per heavy atom. The van der Waals surface area contributed by atoms with E-state index in [-0.39, 0.29) is 31.4 Å². The van der Waals surface area contributed by atoms with Crippen LogP contribution in [-0.2, 0) is 30.6 Å². The van der Waals surface area contributed by atoms with Gasteiger partial charge in [0.05, 0.1) is 6.61 Å². The quantitative estimate of drug-likeness (QED) is 0.0940. The summed E-state index contributed by atoms with van der Waals surface area (Å²) in [5.41, 5.74) is 4.99. The molecule has 1 fully saturated rings. The SMILES string of the molecule is NC(=O)NCCCC(NC(=O)C1(C(=O)NCCCCCN2C(=O)C=CC2=O)CCC1)C(=O)Nc1ccc(CO)cc1.